The molecule has 7 atom stereocenters. The number of ether oxygens (including phenoxy) is 5. The predicted octanol–water partition coefficient (Wildman–Crippen LogP) is 4.04. The number of piperazine rings is 1. The van der Waals surface area contributed by atoms with Gasteiger partial charge in [-0.1, -0.05) is 36.4 Å². The average Bonchev–Trinajstić information content (AvgIpc) is 3.67. The Kier molecular flexibility index (Phi) is 9.37. The molecule has 15 heteroatoms. The van der Waals surface area contributed by atoms with Gasteiger partial charge in [0.1, 0.15) is 24.4 Å². The Labute approximate surface area is 314 Å². The zero-order valence-electron chi connectivity index (χ0n) is 29.6. The maximum Gasteiger partial charge on any atom is 0.336 e. The van der Waals surface area contributed by atoms with Gasteiger partial charge in [0.05, 0.1) is 30.5 Å². The molecule has 0 aliphatic carbocycles. The lowest BCUT2D eigenvalue weighted by molar-refractivity contribution is -0.151. The molecule has 2 fully saturated rings. The van der Waals surface area contributed by atoms with E-state index in [2.05, 4.69) is 16.7 Å². The molecule has 5 aliphatic heterocycles. The van der Waals surface area contributed by atoms with E-state index in [1.807, 2.05) is 48.2 Å². The second-order valence-electron chi connectivity index (χ2n) is 13.8. The summed E-state index contributed by atoms with van der Waals surface area (Å²) < 4.78 is 43.2. The van der Waals surface area contributed by atoms with Gasteiger partial charge in [-0.25, -0.2) is 14.0 Å². The van der Waals surface area contributed by atoms with Crippen LogP contribution in [-0.2, 0) is 25.5 Å². The Hall–Kier alpha value is -5.30. The average molecular weight is 757 g/mol. The highest BCUT2D eigenvalue weighted by Crippen LogP contribution is 2.62. The molecule has 8 rings (SSSR count). The van der Waals surface area contributed by atoms with Crippen LogP contribution in [-0.4, -0.2) is 85.0 Å². The number of nitriles is 1. The van der Waals surface area contributed by atoms with Gasteiger partial charge < -0.3 is 39.4 Å². The second-order valence-corrected chi connectivity index (χ2v) is 15.0. The molecule has 0 spiro atoms. The maximum atomic E-state index is 13.5. The maximum absolute atomic E-state index is 13.5. The number of rotatable bonds is 6. The van der Waals surface area contributed by atoms with E-state index in [0.29, 0.717) is 45.9 Å². The number of hydrogen-bond acceptors (Lipinski definition) is 13. The van der Waals surface area contributed by atoms with Crippen LogP contribution >= 0.6 is 11.8 Å². The van der Waals surface area contributed by atoms with Crippen molar-refractivity contribution in [2.75, 3.05) is 32.9 Å². The number of thioether (sulfide) groups is 1. The summed E-state index contributed by atoms with van der Waals surface area (Å²) in [6, 6.07) is 9.39. The Morgan fingerprint density at radius 1 is 1.15 bits per heavy atom. The summed E-state index contributed by atoms with van der Waals surface area (Å²) in [5.74, 6) is -1.09. The number of phenolic OH excluding ortho intramolecular Hbond substituents is 1. The number of phenols is 1. The molecule has 280 valence electrons. The highest BCUT2D eigenvalue weighted by Gasteiger charge is 2.59. The van der Waals surface area contributed by atoms with E-state index in [9.17, 15) is 29.1 Å². The lowest BCUT2D eigenvalue weighted by atomic mass is 9.72. The minimum atomic E-state index is -1.32. The topological polar surface area (TPSA) is 169 Å². The minimum absolute atomic E-state index is 0.0431. The first-order valence-corrected chi connectivity index (χ1v) is 18.6. The first-order chi connectivity index (χ1) is 26.1. The van der Waals surface area contributed by atoms with Crippen molar-refractivity contribution >= 4 is 35.7 Å². The summed E-state index contributed by atoms with van der Waals surface area (Å²) in [5.41, 5.74) is 4.57. The van der Waals surface area contributed by atoms with Crippen molar-refractivity contribution in [1.29, 1.82) is 5.26 Å². The minimum Gasteiger partial charge on any atom is -0.507 e. The Morgan fingerprint density at radius 3 is 2.67 bits per heavy atom. The Bertz CT molecular complexity index is 2130. The number of cyclic esters (lactones) is 1. The molecule has 5 heterocycles. The molecule has 54 heavy (non-hydrogen) atoms. The molecule has 1 amide bonds. The van der Waals surface area contributed by atoms with E-state index < -0.39 is 66.0 Å². The van der Waals surface area contributed by atoms with Crippen LogP contribution in [0.4, 0.5) is 4.39 Å². The third kappa shape index (κ3) is 5.80. The first kappa shape index (κ1) is 35.7. The number of carbonyl (C=O) groups is 3. The van der Waals surface area contributed by atoms with Crippen molar-refractivity contribution < 1.29 is 47.6 Å². The van der Waals surface area contributed by atoms with Gasteiger partial charge in [-0.15, -0.1) is 11.8 Å². The number of fused-ring (bicyclic) bond motifs is 9. The van der Waals surface area contributed by atoms with Crippen molar-refractivity contribution in [3.63, 3.8) is 0 Å². The molecule has 5 aliphatic rings. The van der Waals surface area contributed by atoms with Crippen molar-refractivity contribution in [3.8, 4) is 34.8 Å². The van der Waals surface area contributed by atoms with E-state index in [1.165, 1.54) is 24.9 Å². The summed E-state index contributed by atoms with van der Waals surface area (Å²) in [6.07, 6.45) is 3.41. The number of alkyl halides is 1. The first-order valence-electron chi connectivity index (χ1n) is 17.5. The van der Waals surface area contributed by atoms with Gasteiger partial charge in [0.25, 0.3) is 5.91 Å². The number of aryl methyl sites for hydroxylation is 1. The van der Waals surface area contributed by atoms with Gasteiger partial charge >= 0.3 is 11.9 Å². The number of esters is 2. The number of amides is 1. The van der Waals surface area contributed by atoms with Gasteiger partial charge in [0, 0.05) is 46.2 Å². The van der Waals surface area contributed by atoms with Crippen LogP contribution in [0.15, 0.2) is 42.5 Å². The largest absolute Gasteiger partial charge is 0.507 e. The highest BCUT2D eigenvalue weighted by atomic mass is 32.2. The molecule has 0 radical (unpaired) electrons. The van der Waals surface area contributed by atoms with E-state index in [4.69, 9.17) is 23.7 Å². The van der Waals surface area contributed by atoms with Crippen molar-refractivity contribution in [3.05, 3.63) is 81.4 Å². The van der Waals surface area contributed by atoms with Gasteiger partial charge in [0.2, 0.25) is 6.79 Å². The summed E-state index contributed by atoms with van der Waals surface area (Å²) >= 11 is 1.25. The number of nitrogens with one attached hydrogen (secondary N) is 2. The Balaban J connectivity index is 1.31. The molecule has 13 nitrogen and oxygen atoms in total. The summed E-state index contributed by atoms with van der Waals surface area (Å²) in [6.45, 7) is 1.89. The molecular formula is C39H37FN4O9S. The smallest absolute Gasteiger partial charge is 0.336 e. The van der Waals surface area contributed by atoms with Crippen molar-refractivity contribution in [2.45, 2.75) is 61.8 Å². The molecule has 3 aromatic rings. The fourth-order valence-electron chi connectivity index (χ4n) is 8.59. The summed E-state index contributed by atoms with van der Waals surface area (Å²) in [5, 5.41) is 28.3. The molecular weight excluding hydrogens is 720 g/mol. The zero-order valence-corrected chi connectivity index (χ0v) is 30.4. The normalized spacial score (nSPS) is 26.5. The van der Waals surface area contributed by atoms with Crippen LogP contribution in [0, 0.1) is 25.2 Å². The predicted molar refractivity (Wildman–Crippen MR) is 193 cm³/mol. The number of halogens is 1. The number of benzene rings is 3. The SMILES string of the molecule is COc1c(C)cc2c(c1OC(=O)/C=C/c1ccccc1)C1NC(C2)[C@H](C#N)N2[C@H]1[C@@H]1SCC(NC(=O)CF)C(=O)OC[C@H]2c2c3c(c(C)c(O)c21)OCO3. The zero-order chi connectivity index (χ0) is 37.8. The van der Waals surface area contributed by atoms with Crippen LogP contribution in [0.3, 0.4) is 0 Å². The molecule has 3 N–H and O–H groups in total. The van der Waals surface area contributed by atoms with Crippen LogP contribution in [0.5, 0.6) is 28.7 Å². The fourth-order valence-corrected chi connectivity index (χ4v) is 10.1. The molecule has 2 saturated heterocycles. The number of carbonyl (C=O) groups excluding carboxylic acids is 3. The molecule has 0 aromatic heterocycles. The van der Waals surface area contributed by atoms with E-state index in [1.54, 1.807) is 13.0 Å². The molecule has 4 bridgehead atoms. The monoisotopic (exact) mass is 756 g/mol. The summed E-state index contributed by atoms with van der Waals surface area (Å²) in [4.78, 5) is 41.2. The summed E-state index contributed by atoms with van der Waals surface area (Å²) in [7, 11) is 1.50. The van der Waals surface area contributed by atoms with Gasteiger partial charge in [-0.2, -0.15) is 5.26 Å². The third-order valence-electron chi connectivity index (χ3n) is 10.8. The molecule has 3 aromatic carbocycles. The second kappa shape index (κ2) is 14.2. The Morgan fingerprint density at radius 2 is 1.93 bits per heavy atom. The van der Waals surface area contributed by atoms with E-state index in [-0.39, 0.29) is 30.7 Å². The highest BCUT2D eigenvalue weighted by molar-refractivity contribution is 7.99. The van der Waals surface area contributed by atoms with Gasteiger partial charge in [-0.05, 0) is 43.0 Å². The number of hydrogen-bond donors (Lipinski definition) is 3. The van der Waals surface area contributed by atoms with Crippen LogP contribution in [0.25, 0.3) is 6.08 Å². The lowest BCUT2D eigenvalue weighted by Crippen LogP contribution is -2.69. The quantitative estimate of drug-likeness (QED) is 0.188. The standard InChI is InChI=1S/C39H37FN4O9S/c1-18-11-21-12-22-24(14-41)44-25-15-50-39(48)23(42-26(45)13-40)16-54-38(30-29(25)36-35(51-17-52-36)19(2)33(30)47)32(44)31(43-22)28(21)37(34(18)49-3)53-27(46)10-9-20-7-5-4-6-8-20/h4-11,22-25,31-32,38,43,47H,12-13,15-17H2,1-3H3,(H,42,45)/b10-9+/t22?,23?,24-,25-,31?,32+,38+/m0/s1. The third-order valence-corrected chi connectivity index (χ3v) is 12.2. The molecule has 0 saturated carbocycles. The van der Waals surface area contributed by atoms with Gasteiger partial charge in [0.15, 0.2) is 29.7 Å². The van der Waals surface area contributed by atoms with Crippen LogP contribution in [0.2, 0.25) is 0 Å². The number of aromatic hydroxyl groups is 1. The van der Waals surface area contributed by atoms with Crippen molar-refractivity contribution in [1.82, 2.24) is 15.5 Å². The van der Waals surface area contributed by atoms with Crippen LogP contribution in [0.1, 0.15) is 56.3 Å². The lowest BCUT2D eigenvalue weighted by Gasteiger charge is -2.59. The van der Waals surface area contributed by atoms with Crippen molar-refractivity contribution in [2.24, 2.45) is 0 Å². The molecule has 3 unspecified atom stereocenters. The van der Waals surface area contributed by atoms with Gasteiger partial charge in [-0.3, -0.25) is 9.69 Å². The van der Waals surface area contributed by atoms with Crippen LogP contribution < -0.4 is 29.6 Å². The van der Waals surface area contributed by atoms with E-state index in [0.717, 1.165) is 16.7 Å². The van der Waals surface area contributed by atoms with E-state index >= 15 is 0 Å². The number of nitrogens with zero attached hydrogens (tertiary/aromatic N) is 2. The number of methoxy groups -OCH3 is 1. The fraction of sp³-hybridized carbons (Fsp3) is 0.385.